The van der Waals surface area contributed by atoms with E-state index in [4.69, 9.17) is 5.11 Å². The summed E-state index contributed by atoms with van der Waals surface area (Å²) in [5, 5.41) is 8.31. The van der Waals surface area contributed by atoms with Gasteiger partial charge in [0.15, 0.2) is 6.61 Å². The number of hydroxylamine groups is 1. The van der Waals surface area contributed by atoms with E-state index in [1.807, 2.05) is 0 Å². The van der Waals surface area contributed by atoms with Crippen LogP contribution in [0.1, 0.15) is 38.5 Å². The van der Waals surface area contributed by atoms with E-state index in [0.717, 1.165) is 25.7 Å². The lowest BCUT2D eigenvalue weighted by Gasteiger charge is -2.12. The van der Waals surface area contributed by atoms with Gasteiger partial charge in [-0.1, -0.05) is 25.7 Å². The van der Waals surface area contributed by atoms with Crippen LogP contribution in [0.5, 0.6) is 0 Å². The lowest BCUT2D eigenvalue weighted by Crippen LogP contribution is -2.32. The zero-order valence-corrected chi connectivity index (χ0v) is 8.70. The van der Waals surface area contributed by atoms with E-state index < -0.39 is 12.6 Å². The maximum Gasteiger partial charge on any atom is 0.332 e. The fraction of sp³-hybridized carbons (Fsp3) is 0.800. The maximum atomic E-state index is 11.5. The summed E-state index contributed by atoms with van der Waals surface area (Å²) in [5.41, 5.74) is 2.19. The van der Waals surface area contributed by atoms with Gasteiger partial charge in [-0.25, -0.2) is 10.3 Å². The molecule has 5 heteroatoms. The van der Waals surface area contributed by atoms with Crippen molar-refractivity contribution < 1.29 is 19.5 Å². The normalized spacial score (nSPS) is 18.1. The Balaban J connectivity index is 2.22. The second-order valence-electron chi connectivity index (χ2n) is 3.84. The Morgan fingerprint density at radius 3 is 2.33 bits per heavy atom. The highest BCUT2D eigenvalue weighted by Crippen LogP contribution is 2.22. The van der Waals surface area contributed by atoms with Gasteiger partial charge in [0.1, 0.15) is 0 Å². The van der Waals surface area contributed by atoms with Crippen molar-refractivity contribution in [2.75, 3.05) is 6.61 Å². The Hall–Kier alpha value is -1.10. The molecule has 0 heterocycles. The first-order valence-corrected chi connectivity index (χ1v) is 5.33. The van der Waals surface area contributed by atoms with Crippen molar-refractivity contribution in [3.8, 4) is 0 Å². The van der Waals surface area contributed by atoms with Crippen molar-refractivity contribution in [1.29, 1.82) is 0 Å². The fourth-order valence-corrected chi connectivity index (χ4v) is 1.79. The Bertz CT molecular complexity index is 221. The lowest BCUT2D eigenvalue weighted by atomic mass is 10.0. The van der Waals surface area contributed by atoms with Crippen LogP contribution in [0.4, 0.5) is 0 Å². The van der Waals surface area contributed by atoms with E-state index in [-0.39, 0.29) is 11.8 Å². The first-order chi connectivity index (χ1) is 7.20. The first kappa shape index (κ1) is 12.0. The maximum absolute atomic E-state index is 11.5. The number of carbonyl (C=O) groups excluding carboxylic acids is 1. The molecule has 15 heavy (non-hydrogen) atoms. The van der Waals surface area contributed by atoms with Crippen LogP contribution in [0.25, 0.3) is 0 Å². The molecule has 0 unspecified atom stereocenters. The topological polar surface area (TPSA) is 75.6 Å². The summed E-state index contributed by atoms with van der Waals surface area (Å²) in [6.45, 7) is -0.488. The summed E-state index contributed by atoms with van der Waals surface area (Å²) >= 11 is 0. The van der Waals surface area contributed by atoms with Crippen LogP contribution in [0.2, 0.25) is 0 Å². The summed E-state index contributed by atoms with van der Waals surface area (Å²) in [6.07, 6.45) is 6.25. The van der Waals surface area contributed by atoms with Crippen molar-refractivity contribution in [3.63, 3.8) is 0 Å². The molecular formula is C10H17NO4. The predicted octanol–water partition coefficient (Wildman–Crippen LogP) is 1.09. The van der Waals surface area contributed by atoms with E-state index in [0.29, 0.717) is 0 Å². The van der Waals surface area contributed by atoms with Gasteiger partial charge in [-0.3, -0.25) is 9.63 Å². The minimum atomic E-state index is -1.09. The highest BCUT2D eigenvalue weighted by molar-refractivity contribution is 5.77. The molecule has 0 aromatic rings. The third-order valence-corrected chi connectivity index (χ3v) is 2.59. The molecule has 1 amide bonds. The Morgan fingerprint density at radius 1 is 1.20 bits per heavy atom. The van der Waals surface area contributed by atoms with Crippen LogP contribution in [0.15, 0.2) is 0 Å². The van der Waals surface area contributed by atoms with Gasteiger partial charge in [0.25, 0.3) is 0 Å². The summed E-state index contributed by atoms with van der Waals surface area (Å²) in [5.74, 6) is -1.28. The standard InChI is InChI=1S/C10H17NO4/c12-9(13)7-15-11-10(14)8-5-3-1-2-4-6-8/h8H,1-7H2,(H,11,14)(H,12,13). The Kier molecular flexibility index (Phi) is 5.10. The molecule has 0 saturated heterocycles. The molecule has 86 valence electrons. The summed E-state index contributed by atoms with van der Waals surface area (Å²) in [6, 6.07) is 0. The van der Waals surface area contributed by atoms with Crippen molar-refractivity contribution in [2.24, 2.45) is 5.92 Å². The van der Waals surface area contributed by atoms with Gasteiger partial charge in [0.05, 0.1) is 0 Å². The molecule has 0 radical (unpaired) electrons. The van der Waals surface area contributed by atoms with Crippen molar-refractivity contribution in [3.05, 3.63) is 0 Å². The smallest absolute Gasteiger partial charge is 0.332 e. The lowest BCUT2D eigenvalue weighted by molar-refractivity contribution is -0.150. The number of carbonyl (C=O) groups is 2. The average Bonchev–Trinajstić information content (AvgIpc) is 2.44. The molecule has 2 N–H and O–H groups in total. The van der Waals surface area contributed by atoms with E-state index in [1.165, 1.54) is 12.8 Å². The summed E-state index contributed by atoms with van der Waals surface area (Å²) < 4.78 is 0. The second-order valence-corrected chi connectivity index (χ2v) is 3.84. The Labute approximate surface area is 88.8 Å². The molecule has 0 atom stereocenters. The number of aliphatic carboxylic acids is 1. The molecule has 0 aromatic heterocycles. The highest BCUT2D eigenvalue weighted by atomic mass is 16.7. The van der Waals surface area contributed by atoms with Crippen LogP contribution >= 0.6 is 0 Å². The van der Waals surface area contributed by atoms with Gasteiger partial charge in [-0.15, -0.1) is 0 Å². The average molecular weight is 215 g/mol. The van der Waals surface area contributed by atoms with Gasteiger partial charge in [-0.2, -0.15) is 0 Å². The monoisotopic (exact) mass is 215 g/mol. The number of hydrogen-bond acceptors (Lipinski definition) is 3. The van der Waals surface area contributed by atoms with Gasteiger partial charge in [-0.05, 0) is 12.8 Å². The molecule has 0 spiro atoms. The van der Waals surface area contributed by atoms with Crippen molar-refractivity contribution >= 4 is 11.9 Å². The van der Waals surface area contributed by atoms with Gasteiger partial charge < -0.3 is 5.11 Å². The van der Waals surface area contributed by atoms with E-state index in [1.54, 1.807) is 0 Å². The van der Waals surface area contributed by atoms with Crippen LogP contribution in [0, 0.1) is 5.92 Å². The molecule has 1 fully saturated rings. The quantitative estimate of drug-likeness (QED) is 0.543. The minimum absolute atomic E-state index is 0.0127. The number of nitrogens with one attached hydrogen (secondary N) is 1. The van der Waals surface area contributed by atoms with Crippen molar-refractivity contribution in [1.82, 2.24) is 5.48 Å². The van der Waals surface area contributed by atoms with E-state index >= 15 is 0 Å². The SMILES string of the molecule is O=C(O)CONC(=O)C1CCCCCC1. The number of carboxylic acids is 1. The summed E-state index contributed by atoms with van der Waals surface area (Å²) in [7, 11) is 0. The first-order valence-electron chi connectivity index (χ1n) is 5.33. The Morgan fingerprint density at radius 2 is 1.80 bits per heavy atom. The molecule has 1 rings (SSSR count). The van der Waals surface area contributed by atoms with Crippen LogP contribution < -0.4 is 5.48 Å². The van der Waals surface area contributed by atoms with Gasteiger partial charge in [0, 0.05) is 5.92 Å². The summed E-state index contributed by atoms with van der Waals surface area (Å²) in [4.78, 5) is 26.2. The zero-order chi connectivity index (χ0) is 11.1. The third kappa shape index (κ3) is 4.78. The molecule has 0 aromatic carbocycles. The number of carboxylic acid groups (broad SMARTS) is 1. The predicted molar refractivity (Wildman–Crippen MR) is 52.9 cm³/mol. The highest BCUT2D eigenvalue weighted by Gasteiger charge is 2.20. The molecule has 1 aliphatic carbocycles. The van der Waals surface area contributed by atoms with Crippen LogP contribution in [-0.2, 0) is 14.4 Å². The molecule has 5 nitrogen and oxygen atoms in total. The van der Waals surface area contributed by atoms with Gasteiger partial charge in [0.2, 0.25) is 5.91 Å². The van der Waals surface area contributed by atoms with Gasteiger partial charge >= 0.3 is 5.97 Å². The largest absolute Gasteiger partial charge is 0.479 e. The fourth-order valence-electron chi connectivity index (χ4n) is 1.79. The van der Waals surface area contributed by atoms with Crippen LogP contribution in [-0.4, -0.2) is 23.6 Å². The third-order valence-electron chi connectivity index (χ3n) is 2.59. The number of hydrogen-bond donors (Lipinski definition) is 2. The molecule has 0 aliphatic heterocycles. The van der Waals surface area contributed by atoms with E-state index in [2.05, 4.69) is 10.3 Å². The molecule has 0 bridgehead atoms. The van der Waals surface area contributed by atoms with Crippen LogP contribution in [0.3, 0.4) is 0 Å². The molecule has 1 aliphatic rings. The zero-order valence-electron chi connectivity index (χ0n) is 8.70. The molecule has 1 saturated carbocycles. The van der Waals surface area contributed by atoms with Crippen molar-refractivity contribution in [2.45, 2.75) is 38.5 Å². The molecular weight excluding hydrogens is 198 g/mol. The second kappa shape index (κ2) is 6.40. The van der Waals surface area contributed by atoms with E-state index in [9.17, 15) is 9.59 Å². The number of rotatable bonds is 4. The number of amides is 1. The minimum Gasteiger partial charge on any atom is -0.479 e.